The van der Waals surface area contributed by atoms with E-state index in [1.165, 1.54) is 82.4 Å². The molecule has 0 aliphatic heterocycles. The van der Waals surface area contributed by atoms with E-state index in [9.17, 15) is 0 Å². The van der Waals surface area contributed by atoms with Crippen molar-refractivity contribution in [2.75, 3.05) is 0 Å². The van der Waals surface area contributed by atoms with Crippen molar-refractivity contribution in [1.82, 2.24) is 4.57 Å². The van der Waals surface area contributed by atoms with E-state index in [2.05, 4.69) is 144 Å². The van der Waals surface area contributed by atoms with Gasteiger partial charge in [0.2, 0.25) is 0 Å². The van der Waals surface area contributed by atoms with Gasteiger partial charge < -0.3 is 8.98 Å². The molecule has 0 bridgehead atoms. The maximum Gasteiger partial charge on any atom is 0.140 e. The molecular weight excluding hydrogens is 522 g/mol. The summed E-state index contributed by atoms with van der Waals surface area (Å²) in [6, 6.07) is 50.6. The molecule has 0 amide bonds. The van der Waals surface area contributed by atoms with Crippen LogP contribution in [0.3, 0.4) is 0 Å². The fraction of sp³-hybridized carbons (Fsp3) is 0.0244. The highest BCUT2D eigenvalue weighted by Gasteiger charge is 2.27. The van der Waals surface area contributed by atoms with Crippen molar-refractivity contribution in [3.63, 3.8) is 0 Å². The largest absolute Gasteiger partial charge is 0.456 e. The summed E-state index contributed by atoms with van der Waals surface area (Å²) < 4.78 is 9.00. The first-order valence-electron chi connectivity index (χ1n) is 14.9. The second-order valence-electron chi connectivity index (χ2n) is 11.7. The molecule has 0 saturated carbocycles. The first-order valence-corrected chi connectivity index (χ1v) is 14.9. The first-order chi connectivity index (χ1) is 21.3. The Labute approximate surface area is 248 Å². The lowest BCUT2D eigenvalue weighted by molar-refractivity contribution is 0.665. The van der Waals surface area contributed by atoms with E-state index < -0.39 is 0 Å². The van der Waals surface area contributed by atoms with E-state index in [0.717, 1.165) is 17.6 Å². The number of para-hydroxylation sites is 3. The molecule has 10 rings (SSSR count). The van der Waals surface area contributed by atoms with Gasteiger partial charge in [0.15, 0.2) is 0 Å². The molecule has 7 aromatic carbocycles. The van der Waals surface area contributed by atoms with Crippen molar-refractivity contribution >= 4 is 54.5 Å². The Balaban J connectivity index is 1.26. The minimum absolute atomic E-state index is 0.904. The number of fused-ring (bicyclic) bond motifs is 13. The van der Waals surface area contributed by atoms with E-state index in [1.54, 1.807) is 0 Å². The topological polar surface area (TPSA) is 18.1 Å². The molecule has 2 aromatic heterocycles. The van der Waals surface area contributed by atoms with E-state index in [4.69, 9.17) is 4.42 Å². The van der Waals surface area contributed by atoms with Gasteiger partial charge in [-0.25, -0.2) is 0 Å². The number of nitrogens with zero attached hydrogens (tertiary/aromatic N) is 1. The third-order valence-electron chi connectivity index (χ3n) is 9.40. The van der Waals surface area contributed by atoms with Crippen LogP contribution in [-0.4, -0.2) is 4.57 Å². The average molecular weight is 548 g/mol. The summed E-state index contributed by atoms with van der Waals surface area (Å²) in [5.41, 5.74) is 13.3. The molecule has 0 N–H and O–H groups in total. The van der Waals surface area contributed by atoms with E-state index >= 15 is 0 Å². The van der Waals surface area contributed by atoms with Crippen LogP contribution in [0.4, 0.5) is 0 Å². The van der Waals surface area contributed by atoms with Gasteiger partial charge in [-0.2, -0.15) is 0 Å². The van der Waals surface area contributed by atoms with Crippen LogP contribution in [0.2, 0.25) is 0 Å². The van der Waals surface area contributed by atoms with Crippen molar-refractivity contribution in [3.8, 4) is 27.9 Å². The van der Waals surface area contributed by atoms with Crippen LogP contribution in [0.1, 0.15) is 11.1 Å². The molecule has 9 aromatic rings. The van der Waals surface area contributed by atoms with Gasteiger partial charge >= 0.3 is 0 Å². The number of benzene rings is 7. The van der Waals surface area contributed by atoms with Crippen LogP contribution in [-0.2, 0) is 6.42 Å². The average Bonchev–Trinajstić information content (AvgIpc) is 3.75. The smallest absolute Gasteiger partial charge is 0.140 e. The molecule has 2 heterocycles. The molecule has 200 valence electrons. The Hall–Kier alpha value is -5.60. The molecule has 0 atom stereocenters. The van der Waals surface area contributed by atoms with Gasteiger partial charge in [-0.3, -0.25) is 0 Å². The van der Waals surface area contributed by atoms with Crippen LogP contribution in [0, 0.1) is 0 Å². The Morgan fingerprint density at radius 1 is 0.512 bits per heavy atom. The summed E-state index contributed by atoms with van der Waals surface area (Å²) >= 11 is 0. The Kier molecular flexibility index (Phi) is 4.53. The molecule has 1 aliphatic carbocycles. The molecule has 2 heteroatoms. The second kappa shape index (κ2) is 8.47. The van der Waals surface area contributed by atoms with Gasteiger partial charge in [-0.1, -0.05) is 97.1 Å². The first kappa shape index (κ1) is 23.0. The minimum atomic E-state index is 0.904. The number of aromatic nitrogens is 1. The number of rotatable bonds is 2. The minimum Gasteiger partial charge on any atom is -0.456 e. The second-order valence-corrected chi connectivity index (χ2v) is 11.7. The molecule has 2 nitrogen and oxygen atoms in total. The molecule has 0 unspecified atom stereocenters. The number of hydrogen-bond acceptors (Lipinski definition) is 1. The van der Waals surface area contributed by atoms with Crippen molar-refractivity contribution in [1.29, 1.82) is 0 Å². The summed E-state index contributed by atoms with van der Waals surface area (Å²) in [6.45, 7) is 0. The van der Waals surface area contributed by atoms with Crippen LogP contribution in [0.15, 0.2) is 144 Å². The zero-order valence-corrected chi connectivity index (χ0v) is 23.3. The van der Waals surface area contributed by atoms with Crippen molar-refractivity contribution in [3.05, 3.63) is 151 Å². The zero-order valence-electron chi connectivity index (χ0n) is 23.3. The van der Waals surface area contributed by atoms with Crippen molar-refractivity contribution in [2.45, 2.75) is 6.42 Å². The van der Waals surface area contributed by atoms with Crippen LogP contribution < -0.4 is 0 Å². The fourth-order valence-electron chi connectivity index (χ4n) is 7.54. The zero-order chi connectivity index (χ0) is 28.1. The Morgan fingerprint density at radius 3 is 2.12 bits per heavy atom. The predicted octanol–water partition coefficient (Wildman–Crippen LogP) is 11.1. The van der Waals surface area contributed by atoms with Crippen LogP contribution in [0.5, 0.6) is 0 Å². The monoisotopic (exact) mass is 547 g/mol. The lowest BCUT2D eigenvalue weighted by atomic mass is 9.91. The molecule has 43 heavy (non-hydrogen) atoms. The Morgan fingerprint density at radius 2 is 1.21 bits per heavy atom. The van der Waals surface area contributed by atoms with Crippen LogP contribution >= 0.6 is 0 Å². The molecular formula is C41H25NO. The van der Waals surface area contributed by atoms with Crippen LogP contribution in [0.25, 0.3) is 82.5 Å². The maximum atomic E-state index is 6.63. The SMILES string of the molecule is c1ccc(-n2c3ccccc3c3cc(-c4ccc5c6c(c7oc8ccccc8c7c5c4)Cc4ccccc4-6)ccc32)cc1. The van der Waals surface area contributed by atoms with Gasteiger partial charge in [0.05, 0.1) is 11.0 Å². The summed E-state index contributed by atoms with van der Waals surface area (Å²) in [5.74, 6) is 0. The lowest BCUT2D eigenvalue weighted by Crippen LogP contribution is -1.92. The molecule has 0 radical (unpaired) electrons. The van der Waals surface area contributed by atoms with E-state index in [0.29, 0.717) is 0 Å². The Bertz CT molecular complexity index is 2580. The summed E-state index contributed by atoms with van der Waals surface area (Å²) in [7, 11) is 0. The lowest BCUT2D eigenvalue weighted by Gasteiger charge is -2.12. The highest BCUT2D eigenvalue weighted by atomic mass is 16.3. The van der Waals surface area contributed by atoms with Gasteiger partial charge in [-0.15, -0.1) is 0 Å². The number of furan rings is 1. The van der Waals surface area contributed by atoms with Crippen molar-refractivity contribution < 1.29 is 4.42 Å². The standard InChI is InChI=1S/C41H25NO/c1-2-11-28(12-3-1)42-36-16-8-6-14-30(36)33-22-26(19-21-37(33)42)25-18-20-31-34(23-25)40-32-15-7-9-17-38(32)43-41(40)35-24-27-10-4-5-13-29(27)39(31)35/h1-23H,24H2. The molecule has 0 spiro atoms. The number of hydrogen-bond donors (Lipinski definition) is 0. The van der Waals surface area contributed by atoms with Gasteiger partial charge in [0.1, 0.15) is 11.2 Å². The summed E-state index contributed by atoms with van der Waals surface area (Å²) in [5, 5.41) is 7.48. The fourth-order valence-corrected chi connectivity index (χ4v) is 7.54. The predicted molar refractivity (Wildman–Crippen MR) is 179 cm³/mol. The van der Waals surface area contributed by atoms with Gasteiger partial charge in [-0.05, 0) is 81.1 Å². The van der Waals surface area contributed by atoms with E-state index in [-0.39, 0.29) is 0 Å². The molecule has 1 aliphatic rings. The third-order valence-corrected chi connectivity index (χ3v) is 9.40. The normalized spacial score (nSPS) is 12.6. The maximum absolute atomic E-state index is 6.63. The molecule has 0 fully saturated rings. The highest BCUT2D eigenvalue weighted by Crippen LogP contribution is 2.49. The quantitative estimate of drug-likeness (QED) is 0.210. The van der Waals surface area contributed by atoms with Crippen molar-refractivity contribution in [2.24, 2.45) is 0 Å². The third kappa shape index (κ3) is 3.13. The van der Waals surface area contributed by atoms with E-state index in [1.807, 2.05) is 0 Å². The summed E-state index contributed by atoms with van der Waals surface area (Å²) in [6.07, 6.45) is 0.904. The highest BCUT2D eigenvalue weighted by molar-refractivity contribution is 6.25. The van der Waals surface area contributed by atoms with Gasteiger partial charge in [0.25, 0.3) is 0 Å². The van der Waals surface area contributed by atoms with Gasteiger partial charge in [0, 0.05) is 39.2 Å². The molecule has 0 saturated heterocycles. The summed E-state index contributed by atoms with van der Waals surface area (Å²) in [4.78, 5) is 0.